The van der Waals surface area contributed by atoms with Gasteiger partial charge in [0.05, 0.1) is 0 Å². The lowest BCUT2D eigenvalue weighted by molar-refractivity contribution is 0.562. The van der Waals surface area contributed by atoms with Crippen LogP contribution in [0.5, 0.6) is 0 Å². The van der Waals surface area contributed by atoms with Gasteiger partial charge in [-0.3, -0.25) is 5.10 Å². The summed E-state index contributed by atoms with van der Waals surface area (Å²) in [5.41, 5.74) is 1.45. The lowest BCUT2D eigenvalue weighted by Crippen LogP contribution is -2.22. The fraction of sp³-hybridized carbons (Fsp3) is 0.385. The minimum Gasteiger partial charge on any atom is -0.309 e. The van der Waals surface area contributed by atoms with Crippen LogP contribution in [-0.4, -0.2) is 27.5 Å². The van der Waals surface area contributed by atoms with Crippen LogP contribution >= 0.6 is 11.8 Å². The normalized spacial score (nSPS) is 17.9. The number of hydrogen-bond acceptors (Lipinski definition) is 4. The van der Waals surface area contributed by atoms with Gasteiger partial charge in [-0.15, -0.1) is 11.8 Å². The summed E-state index contributed by atoms with van der Waals surface area (Å²) in [6.45, 7) is 1.01. The van der Waals surface area contributed by atoms with E-state index in [0.717, 1.165) is 31.0 Å². The van der Waals surface area contributed by atoms with E-state index in [0.29, 0.717) is 6.04 Å². The van der Waals surface area contributed by atoms with Crippen molar-refractivity contribution in [1.82, 2.24) is 20.5 Å². The Morgan fingerprint density at radius 1 is 1.39 bits per heavy atom. The first-order chi connectivity index (χ1) is 8.93. The molecule has 94 valence electrons. The summed E-state index contributed by atoms with van der Waals surface area (Å²) < 4.78 is 0. The molecule has 0 bridgehead atoms. The van der Waals surface area contributed by atoms with Crippen LogP contribution in [0.1, 0.15) is 23.9 Å². The zero-order valence-corrected chi connectivity index (χ0v) is 10.9. The van der Waals surface area contributed by atoms with Crippen molar-refractivity contribution in [3.63, 3.8) is 0 Å². The van der Waals surface area contributed by atoms with Crippen LogP contribution in [0.3, 0.4) is 0 Å². The number of benzene rings is 1. The summed E-state index contributed by atoms with van der Waals surface area (Å²) in [7, 11) is 0. The zero-order valence-electron chi connectivity index (χ0n) is 10.1. The molecule has 1 aromatic heterocycles. The van der Waals surface area contributed by atoms with Crippen LogP contribution in [0.4, 0.5) is 0 Å². The molecule has 1 unspecified atom stereocenters. The molecule has 0 amide bonds. The number of rotatable bonds is 5. The van der Waals surface area contributed by atoms with Crippen molar-refractivity contribution in [3.8, 4) is 0 Å². The van der Waals surface area contributed by atoms with Gasteiger partial charge in [-0.25, -0.2) is 4.98 Å². The highest BCUT2D eigenvalue weighted by molar-refractivity contribution is 7.99. The first-order valence-electron chi connectivity index (χ1n) is 6.23. The molecule has 1 atom stereocenters. The maximum absolute atomic E-state index is 4.12. The largest absolute Gasteiger partial charge is 0.309 e. The molecule has 0 saturated carbocycles. The molecular weight excluding hydrogens is 244 g/mol. The molecule has 0 saturated heterocycles. The van der Waals surface area contributed by atoms with Gasteiger partial charge in [0, 0.05) is 23.1 Å². The van der Waals surface area contributed by atoms with Crippen LogP contribution in [-0.2, 0) is 6.42 Å². The van der Waals surface area contributed by atoms with Crippen molar-refractivity contribution < 1.29 is 0 Å². The van der Waals surface area contributed by atoms with Crippen LogP contribution in [0, 0.1) is 0 Å². The Kier molecular flexibility index (Phi) is 3.61. The van der Waals surface area contributed by atoms with E-state index in [2.05, 4.69) is 44.8 Å². The van der Waals surface area contributed by atoms with Crippen molar-refractivity contribution in [3.05, 3.63) is 42.0 Å². The highest BCUT2D eigenvalue weighted by Gasteiger charge is 2.21. The third-order valence-corrected chi connectivity index (χ3v) is 4.33. The molecule has 5 heteroatoms. The minimum atomic E-state index is 0.501. The fourth-order valence-electron chi connectivity index (χ4n) is 2.22. The first-order valence-corrected chi connectivity index (χ1v) is 7.21. The highest BCUT2D eigenvalue weighted by atomic mass is 32.2. The van der Waals surface area contributed by atoms with Gasteiger partial charge in [-0.1, -0.05) is 18.2 Å². The molecule has 1 aliphatic rings. The number of fused-ring (bicyclic) bond motifs is 1. The molecule has 18 heavy (non-hydrogen) atoms. The Labute approximate surface area is 111 Å². The average molecular weight is 260 g/mol. The van der Waals surface area contributed by atoms with E-state index in [-0.39, 0.29) is 0 Å². The Morgan fingerprint density at radius 3 is 3.22 bits per heavy atom. The maximum Gasteiger partial charge on any atom is 0.137 e. The molecule has 2 aromatic rings. The fourth-order valence-corrected chi connectivity index (χ4v) is 3.41. The lowest BCUT2D eigenvalue weighted by Gasteiger charge is -2.12. The molecule has 0 spiro atoms. The van der Waals surface area contributed by atoms with Crippen LogP contribution < -0.4 is 5.32 Å². The second kappa shape index (κ2) is 5.54. The second-order valence-corrected chi connectivity index (χ2v) is 5.45. The maximum atomic E-state index is 4.12. The smallest absolute Gasteiger partial charge is 0.137 e. The summed E-state index contributed by atoms with van der Waals surface area (Å²) in [4.78, 5) is 5.54. The molecule has 1 aliphatic heterocycles. The minimum absolute atomic E-state index is 0.501. The van der Waals surface area contributed by atoms with E-state index in [4.69, 9.17) is 0 Å². The first kappa shape index (κ1) is 11.7. The predicted octanol–water partition coefficient (Wildman–Crippen LogP) is 2.17. The summed E-state index contributed by atoms with van der Waals surface area (Å²) in [5.74, 6) is 2.11. The molecule has 2 heterocycles. The van der Waals surface area contributed by atoms with Crippen molar-refractivity contribution in [1.29, 1.82) is 0 Å². The van der Waals surface area contributed by atoms with E-state index >= 15 is 0 Å². The molecule has 2 N–H and O–H groups in total. The van der Waals surface area contributed by atoms with Crippen LogP contribution in [0.15, 0.2) is 35.5 Å². The number of nitrogens with zero attached hydrogens (tertiary/aromatic N) is 2. The number of nitrogens with one attached hydrogen (secondary N) is 2. The lowest BCUT2D eigenvalue weighted by atomic mass is 10.1. The van der Waals surface area contributed by atoms with Gasteiger partial charge in [0.25, 0.3) is 0 Å². The molecule has 0 fully saturated rings. The van der Waals surface area contributed by atoms with Crippen molar-refractivity contribution in [2.75, 3.05) is 12.3 Å². The number of aromatic nitrogens is 3. The van der Waals surface area contributed by atoms with Crippen molar-refractivity contribution >= 4 is 11.8 Å². The van der Waals surface area contributed by atoms with Gasteiger partial charge in [0.2, 0.25) is 0 Å². The van der Waals surface area contributed by atoms with Crippen LogP contribution in [0.25, 0.3) is 0 Å². The molecule has 1 aromatic carbocycles. The van der Waals surface area contributed by atoms with Gasteiger partial charge in [-0.2, -0.15) is 5.10 Å². The monoisotopic (exact) mass is 260 g/mol. The average Bonchev–Trinajstić information content (AvgIpc) is 3.04. The standard InChI is InChI=1S/C13H16N4S/c1-2-5-12-10(4-1)11(8-18-12)14-7-3-6-13-15-9-16-17-13/h1-2,4-5,9,11,14H,3,6-8H2,(H,15,16,17). The van der Waals surface area contributed by atoms with Gasteiger partial charge >= 0.3 is 0 Å². The van der Waals surface area contributed by atoms with E-state index in [1.165, 1.54) is 10.5 Å². The van der Waals surface area contributed by atoms with Gasteiger partial charge < -0.3 is 5.32 Å². The summed E-state index contributed by atoms with van der Waals surface area (Å²) in [6.07, 6.45) is 3.60. The SMILES string of the molecule is c1ccc2c(c1)SCC2NCCCc1ncn[nH]1. The number of aromatic amines is 1. The van der Waals surface area contributed by atoms with Gasteiger partial charge in [-0.05, 0) is 24.6 Å². The van der Waals surface area contributed by atoms with E-state index in [9.17, 15) is 0 Å². The third kappa shape index (κ3) is 2.57. The number of aryl methyl sites for hydroxylation is 1. The summed E-state index contributed by atoms with van der Waals surface area (Å²) >= 11 is 1.94. The molecular formula is C13H16N4S. The highest BCUT2D eigenvalue weighted by Crippen LogP contribution is 2.37. The van der Waals surface area contributed by atoms with Crippen molar-refractivity contribution in [2.45, 2.75) is 23.8 Å². The number of thioether (sulfide) groups is 1. The third-order valence-electron chi connectivity index (χ3n) is 3.15. The summed E-state index contributed by atoms with van der Waals surface area (Å²) in [6, 6.07) is 9.16. The Morgan fingerprint density at radius 2 is 2.33 bits per heavy atom. The van der Waals surface area contributed by atoms with Gasteiger partial charge in [0.15, 0.2) is 0 Å². The number of hydrogen-bond donors (Lipinski definition) is 2. The Balaban J connectivity index is 1.47. The second-order valence-electron chi connectivity index (χ2n) is 4.39. The molecule has 3 rings (SSSR count). The molecule has 4 nitrogen and oxygen atoms in total. The number of H-pyrrole nitrogens is 1. The predicted molar refractivity (Wildman–Crippen MR) is 72.6 cm³/mol. The Bertz CT molecular complexity index is 497. The van der Waals surface area contributed by atoms with Crippen LogP contribution in [0.2, 0.25) is 0 Å². The van der Waals surface area contributed by atoms with Gasteiger partial charge in [0.1, 0.15) is 12.2 Å². The quantitative estimate of drug-likeness (QED) is 0.809. The zero-order chi connectivity index (χ0) is 12.2. The van der Waals surface area contributed by atoms with E-state index in [1.54, 1.807) is 6.33 Å². The Hall–Kier alpha value is -1.33. The summed E-state index contributed by atoms with van der Waals surface area (Å²) in [5, 5.41) is 10.4. The van der Waals surface area contributed by atoms with E-state index in [1.807, 2.05) is 11.8 Å². The van der Waals surface area contributed by atoms with E-state index < -0.39 is 0 Å². The molecule has 0 radical (unpaired) electrons. The van der Waals surface area contributed by atoms with Crippen molar-refractivity contribution in [2.24, 2.45) is 0 Å². The topological polar surface area (TPSA) is 53.6 Å². The molecule has 0 aliphatic carbocycles.